The fourth-order valence-corrected chi connectivity index (χ4v) is 3.37. The van der Waals surface area contributed by atoms with Gasteiger partial charge in [-0.1, -0.05) is 19.1 Å². The fraction of sp³-hybridized carbons (Fsp3) is 0.474. The number of alkyl halides is 2. The van der Waals surface area contributed by atoms with E-state index in [0.29, 0.717) is 30.4 Å². The summed E-state index contributed by atoms with van der Waals surface area (Å²) in [5.41, 5.74) is 0.557. The van der Waals surface area contributed by atoms with E-state index in [2.05, 4.69) is 32.3 Å². The minimum absolute atomic E-state index is 0.0391. The van der Waals surface area contributed by atoms with Crippen molar-refractivity contribution in [1.82, 2.24) is 15.6 Å². The average Bonchev–Trinajstić information content (AvgIpc) is 3.14. The van der Waals surface area contributed by atoms with Crippen LogP contribution < -0.4 is 20.1 Å². The summed E-state index contributed by atoms with van der Waals surface area (Å²) in [5, 5.41) is 7.38. The average molecular weight is 413 g/mol. The minimum atomic E-state index is -2.93. The number of ether oxygens (including phenoxy) is 2. The third-order valence-electron chi connectivity index (χ3n) is 3.82. The van der Waals surface area contributed by atoms with Crippen molar-refractivity contribution in [2.45, 2.75) is 39.8 Å². The highest BCUT2D eigenvalue weighted by Gasteiger charge is 2.16. The number of benzene rings is 1. The molecule has 0 saturated heterocycles. The standard InChI is InChI=1S/C19H26F2N4O2S/c1-4-14-12-24-16(28-14)9-10-23-19(22-3)25-11-13-7-6-8-15(26-5-2)17(13)27-18(20)21/h6-8,12,18H,4-5,9-11H2,1-3H3,(H2,22,23,25). The van der Waals surface area contributed by atoms with Crippen LogP contribution >= 0.6 is 11.3 Å². The summed E-state index contributed by atoms with van der Waals surface area (Å²) >= 11 is 1.70. The molecule has 0 unspecified atom stereocenters. The van der Waals surface area contributed by atoms with Crippen LogP contribution in [0.25, 0.3) is 0 Å². The first kappa shape index (κ1) is 21.9. The molecule has 9 heteroatoms. The van der Waals surface area contributed by atoms with Gasteiger partial charge in [-0.3, -0.25) is 4.99 Å². The molecule has 0 fully saturated rings. The highest BCUT2D eigenvalue weighted by atomic mass is 32.1. The summed E-state index contributed by atoms with van der Waals surface area (Å²) in [6.07, 6.45) is 3.67. The number of halogens is 2. The second kappa shape index (κ2) is 11.4. The van der Waals surface area contributed by atoms with Crippen LogP contribution in [-0.2, 0) is 19.4 Å². The Morgan fingerprint density at radius 2 is 2.11 bits per heavy atom. The molecule has 0 saturated carbocycles. The van der Waals surface area contributed by atoms with Crippen molar-refractivity contribution in [3.05, 3.63) is 39.8 Å². The summed E-state index contributed by atoms with van der Waals surface area (Å²) in [6, 6.07) is 5.06. The number of aryl methyl sites for hydroxylation is 1. The predicted molar refractivity (Wildman–Crippen MR) is 108 cm³/mol. The maximum atomic E-state index is 12.8. The molecule has 0 aliphatic carbocycles. The smallest absolute Gasteiger partial charge is 0.387 e. The van der Waals surface area contributed by atoms with Crippen molar-refractivity contribution >= 4 is 17.3 Å². The van der Waals surface area contributed by atoms with Gasteiger partial charge < -0.3 is 20.1 Å². The Morgan fingerprint density at radius 3 is 2.75 bits per heavy atom. The van der Waals surface area contributed by atoms with Gasteiger partial charge >= 0.3 is 6.61 Å². The van der Waals surface area contributed by atoms with Gasteiger partial charge in [0.15, 0.2) is 17.5 Å². The molecule has 0 atom stereocenters. The van der Waals surface area contributed by atoms with E-state index >= 15 is 0 Å². The van der Waals surface area contributed by atoms with Crippen LogP contribution in [-0.4, -0.2) is 37.8 Å². The van der Waals surface area contributed by atoms with Crippen LogP contribution in [0.4, 0.5) is 8.78 Å². The number of guanidine groups is 1. The molecule has 6 nitrogen and oxygen atoms in total. The van der Waals surface area contributed by atoms with E-state index in [0.717, 1.165) is 17.8 Å². The third-order valence-corrected chi connectivity index (χ3v) is 5.02. The zero-order chi connectivity index (χ0) is 20.4. The molecule has 0 spiro atoms. The van der Waals surface area contributed by atoms with Gasteiger partial charge in [0.25, 0.3) is 0 Å². The summed E-state index contributed by atoms with van der Waals surface area (Å²) in [4.78, 5) is 9.81. The van der Waals surface area contributed by atoms with Crippen LogP contribution in [0.5, 0.6) is 11.5 Å². The fourth-order valence-electron chi connectivity index (χ4n) is 2.51. The van der Waals surface area contributed by atoms with Crippen molar-refractivity contribution in [1.29, 1.82) is 0 Å². The molecule has 28 heavy (non-hydrogen) atoms. The van der Waals surface area contributed by atoms with Crippen molar-refractivity contribution in [3.63, 3.8) is 0 Å². The van der Waals surface area contributed by atoms with Crippen LogP contribution in [0.15, 0.2) is 29.4 Å². The number of para-hydroxylation sites is 1. The molecule has 2 rings (SSSR count). The van der Waals surface area contributed by atoms with E-state index in [1.807, 2.05) is 6.20 Å². The summed E-state index contributed by atoms with van der Waals surface area (Å²) in [7, 11) is 1.65. The van der Waals surface area contributed by atoms with Gasteiger partial charge in [0.2, 0.25) is 0 Å². The lowest BCUT2D eigenvalue weighted by molar-refractivity contribution is -0.0520. The Balaban J connectivity index is 1.94. The molecule has 2 aromatic rings. The monoisotopic (exact) mass is 412 g/mol. The normalized spacial score (nSPS) is 11.6. The number of hydrogen-bond donors (Lipinski definition) is 2. The molecule has 1 heterocycles. The zero-order valence-electron chi connectivity index (χ0n) is 16.3. The summed E-state index contributed by atoms with van der Waals surface area (Å²) in [5.74, 6) is 0.898. The Morgan fingerprint density at radius 1 is 1.29 bits per heavy atom. The molecule has 0 bridgehead atoms. The third kappa shape index (κ3) is 6.63. The largest absolute Gasteiger partial charge is 0.490 e. The lowest BCUT2D eigenvalue weighted by Crippen LogP contribution is -2.38. The first-order valence-electron chi connectivity index (χ1n) is 9.14. The number of aromatic nitrogens is 1. The Labute approximate surface area is 168 Å². The number of aliphatic imine (C=N–C) groups is 1. The lowest BCUT2D eigenvalue weighted by atomic mass is 10.2. The first-order chi connectivity index (χ1) is 13.6. The quantitative estimate of drug-likeness (QED) is 0.461. The highest BCUT2D eigenvalue weighted by molar-refractivity contribution is 7.11. The Kier molecular flexibility index (Phi) is 8.93. The number of hydrogen-bond acceptors (Lipinski definition) is 5. The molecular formula is C19H26F2N4O2S. The predicted octanol–water partition coefficient (Wildman–Crippen LogP) is 3.61. The molecular weight excluding hydrogens is 386 g/mol. The summed E-state index contributed by atoms with van der Waals surface area (Å²) in [6.45, 7) is 2.25. The molecule has 154 valence electrons. The zero-order valence-corrected chi connectivity index (χ0v) is 17.1. The van der Waals surface area contributed by atoms with E-state index in [9.17, 15) is 8.78 Å². The van der Waals surface area contributed by atoms with Crippen molar-refractivity contribution < 1.29 is 18.3 Å². The topological polar surface area (TPSA) is 67.8 Å². The number of rotatable bonds is 10. The first-order valence-corrected chi connectivity index (χ1v) is 9.96. The second-order valence-electron chi connectivity index (χ2n) is 5.73. The van der Waals surface area contributed by atoms with Gasteiger partial charge in [0, 0.05) is 43.2 Å². The van der Waals surface area contributed by atoms with Gasteiger partial charge in [0.05, 0.1) is 11.6 Å². The second-order valence-corrected chi connectivity index (χ2v) is 6.93. The van der Waals surface area contributed by atoms with Crippen LogP contribution in [0.1, 0.15) is 29.3 Å². The van der Waals surface area contributed by atoms with E-state index in [4.69, 9.17) is 4.74 Å². The molecule has 0 aliphatic heterocycles. The Bertz CT molecular complexity index is 768. The van der Waals surface area contributed by atoms with Crippen molar-refractivity contribution in [2.75, 3.05) is 20.2 Å². The van der Waals surface area contributed by atoms with Crippen LogP contribution in [0, 0.1) is 0 Å². The van der Waals surface area contributed by atoms with Gasteiger partial charge in [-0.25, -0.2) is 4.98 Å². The molecule has 0 amide bonds. The molecule has 2 N–H and O–H groups in total. The maximum Gasteiger partial charge on any atom is 0.387 e. The number of nitrogens with one attached hydrogen (secondary N) is 2. The van der Waals surface area contributed by atoms with Crippen molar-refractivity contribution in [2.24, 2.45) is 4.99 Å². The Hall–Kier alpha value is -2.42. The van der Waals surface area contributed by atoms with Gasteiger partial charge in [-0.15, -0.1) is 11.3 Å². The maximum absolute atomic E-state index is 12.8. The highest BCUT2D eigenvalue weighted by Crippen LogP contribution is 2.32. The van der Waals surface area contributed by atoms with Crippen LogP contribution in [0.3, 0.4) is 0 Å². The SMILES string of the molecule is CCOc1cccc(CNC(=NC)NCCc2ncc(CC)s2)c1OC(F)F. The van der Waals surface area contributed by atoms with Gasteiger partial charge in [-0.05, 0) is 19.4 Å². The lowest BCUT2D eigenvalue weighted by Gasteiger charge is -2.17. The van der Waals surface area contributed by atoms with E-state index in [-0.39, 0.29) is 12.3 Å². The van der Waals surface area contributed by atoms with Crippen molar-refractivity contribution in [3.8, 4) is 11.5 Å². The molecule has 1 aromatic heterocycles. The van der Waals surface area contributed by atoms with E-state index in [1.54, 1.807) is 43.5 Å². The minimum Gasteiger partial charge on any atom is -0.490 e. The molecule has 0 radical (unpaired) electrons. The van der Waals surface area contributed by atoms with Gasteiger partial charge in [-0.2, -0.15) is 8.78 Å². The van der Waals surface area contributed by atoms with Crippen LogP contribution in [0.2, 0.25) is 0 Å². The van der Waals surface area contributed by atoms with E-state index in [1.165, 1.54) is 4.88 Å². The summed E-state index contributed by atoms with van der Waals surface area (Å²) < 4.78 is 35.7. The molecule has 1 aromatic carbocycles. The van der Waals surface area contributed by atoms with Gasteiger partial charge in [0.1, 0.15) is 0 Å². The number of thiazole rings is 1. The molecule has 0 aliphatic rings. The number of nitrogens with zero attached hydrogens (tertiary/aromatic N) is 2. The van der Waals surface area contributed by atoms with E-state index < -0.39 is 6.61 Å².